The van der Waals surface area contributed by atoms with Gasteiger partial charge < -0.3 is 9.80 Å². The lowest BCUT2D eigenvalue weighted by atomic mass is 10.0. The number of likely N-dealkylation sites (N-methyl/N-ethyl adjacent to an activating group) is 1. The van der Waals surface area contributed by atoms with Gasteiger partial charge in [0.2, 0.25) is 0 Å². The molecule has 0 spiro atoms. The molecule has 1 fully saturated rings. The van der Waals surface area contributed by atoms with Gasteiger partial charge in [-0.05, 0) is 43.8 Å². The molecule has 2 aromatic carbocycles. The zero-order valence-corrected chi connectivity index (χ0v) is 15.4. The summed E-state index contributed by atoms with van der Waals surface area (Å²) in [6.45, 7) is 3.41. The molecule has 0 bridgehead atoms. The van der Waals surface area contributed by atoms with Crippen LogP contribution in [0.2, 0.25) is 0 Å². The summed E-state index contributed by atoms with van der Waals surface area (Å²) in [4.78, 5) is 7.11. The topological polar surface area (TPSA) is 9.72 Å². The highest BCUT2D eigenvalue weighted by atomic mass is 15.2. The third kappa shape index (κ3) is 3.80. The van der Waals surface area contributed by atoms with Crippen LogP contribution in [-0.4, -0.2) is 57.1 Å². The van der Waals surface area contributed by atoms with E-state index in [1.165, 1.54) is 41.9 Å². The molecule has 0 aromatic heterocycles. The third-order valence-corrected chi connectivity index (χ3v) is 5.01. The van der Waals surface area contributed by atoms with Crippen LogP contribution in [0.3, 0.4) is 0 Å². The van der Waals surface area contributed by atoms with Crippen LogP contribution in [0.4, 0.5) is 5.69 Å². The predicted molar refractivity (Wildman–Crippen MR) is 104 cm³/mol. The van der Waals surface area contributed by atoms with Crippen LogP contribution < -0.4 is 4.90 Å². The van der Waals surface area contributed by atoms with Gasteiger partial charge in [-0.15, -0.1) is 0 Å². The minimum atomic E-state index is 0.697. The van der Waals surface area contributed by atoms with Crippen LogP contribution in [0.1, 0.15) is 12.0 Å². The van der Waals surface area contributed by atoms with Crippen LogP contribution in [0.25, 0.3) is 11.1 Å². The second kappa shape index (κ2) is 7.37. The molecule has 24 heavy (non-hydrogen) atoms. The zero-order valence-electron chi connectivity index (χ0n) is 15.4. The number of rotatable bonds is 5. The van der Waals surface area contributed by atoms with Gasteiger partial charge in [0.1, 0.15) is 0 Å². The summed E-state index contributed by atoms with van der Waals surface area (Å²) in [6.07, 6.45) is 1.27. The van der Waals surface area contributed by atoms with E-state index < -0.39 is 0 Å². The van der Waals surface area contributed by atoms with Gasteiger partial charge in [0.25, 0.3) is 0 Å². The highest BCUT2D eigenvalue weighted by molar-refractivity contribution is 5.78. The van der Waals surface area contributed by atoms with Crippen LogP contribution in [0.5, 0.6) is 0 Å². The predicted octanol–water partition coefficient (Wildman–Crippen LogP) is 3.56. The number of hydrogen-bond acceptors (Lipinski definition) is 3. The molecule has 0 amide bonds. The minimum Gasteiger partial charge on any atom is -0.377 e. The summed E-state index contributed by atoms with van der Waals surface area (Å²) in [5.74, 6) is 0. The molecule has 3 heteroatoms. The molecule has 2 aromatic rings. The van der Waals surface area contributed by atoms with Gasteiger partial charge in [-0.25, -0.2) is 0 Å². The monoisotopic (exact) mass is 323 g/mol. The molecule has 0 saturated carbocycles. The number of benzene rings is 2. The third-order valence-electron chi connectivity index (χ3n) is 5.01. The summed E-state index contributed by atoms with van der Waals surface area (Å²) in [7, 11) is 8.59. The van der Waals surface area contributed by atoms with E-state index in [2.05, 4.69) is 91.4 Å². The molecule has 1 aliphatic heterocycles. The molecule has 3 nitrogen and oxygen atoms in total. The SMILES string of the molecule is CN(C)c1ccccc1-c1cccc(CN2CCC(N(C)C)C2)c1. The smallest absolute Gasteiger partial charge is 0.0440 e. The maximum atomic E-state index is 2.57. The molecular formula is C21H29N3. The Morgan fingerprint density at radius 2 is 1.79 bits per heavy atom. The second-order valence-electron chi connectivity index (χ2n) is 7.25. The maximum Gasteiger partial charge on any atom is 0.0440 e. The van der Waals surface area contributed by atoms with E-state index in [-0.39, 0.29) is 0 Å². The molecule has 1 aliphatic rings. The van der Waals surface area contributed by atoms with Gasteiger partial charge in [0.15, 0.2) is 0 Å². The fraction of sp³-hybridized carbons (Fsp3) is 0.429. The Kier molecular flexibility index (Phi) is 5.22. The number of hydrogen-bond donors (Lipinski definition) is 0. The molecule has 0 aliphatic carbocycles. The molecule has 1 heterocycles. The van der Waals surface area contributed by atoms with Crippen molar-refractivity contribution in [2.45, 2.75) is 19.0 Å². The molecule has 1 atom stereocenters. The molecule has 0 N–H and O–H groups in total. The first-order chi connectivity index (χ1) is 11.5. The summed E-state index contributed by atoms with van der Waals surface area (Å²) in [5, 5.41) is 0. The standard InChI is InChI=1S/C21H29N3/c1-22(2)19-12-13-24(16-19)15-17-8-7-9-18(14-17)20-10-5-6-11-21(20)23(3)4/h5-11,14,19H,12-13,15-16H2,1-4H3. The van der Waals surface area contributed by atoms with Crippen molar-refractivity contribution in [2.24, 2.45) is 0 Å². The van der Waals surface area contributed by atoms with Crippen molar-refractivity contribution in [2.75, 3.05) is 46.2 Å². The molecular weight excluding hydrogens is 294 g/mol. The number of likely N-dealkylation sites (tertiary alicyclic amines) is 1. The van der Waals surface area contributed by atoms with E-state index in [1.54, 1.807) is 0 Å². The van der Waals surface area contributed by atoms with Gasteiger partial charge >= 0.3 is 0 Å². The Labute approximate surface area is 146 Å². The fourth-order valence-corrected chi connectivity index (χ4v) is 3.58. The summed E-state index contributed by atoms with van der Waals surface area (Å²) < 4.78 is 0. The summed E-state index contributed by atoms with van der Waals surface area (Å²) >= 11 is 0. The molecule has 128 valence electrons. The van der Waals surface area contributed by atoms with Crippen molar-refractivity contribution < 1.29 is 0 Å². The highest BCUT2D eigenvalue weighted by Gasteiger charge is 2.23. The Morgan fingerprint density at radius 3 is 2.50 bits per heavy atom. The number of anilines is 1. The lowest BCUT2D eigenvalue weighted by Crippen LogP contribution is -2.31. The van der Waals surface area contributed by atoms with E-state index >= 15 is 0 Å². The van der Waals surface area contributed by atoms with Gasteiger partial charge in [-0.1, -0.05) is 36.4 Å². The van der Waals surface area contributed by atoms with Gasteiger partial charge in [0, 0.05) is 51.0 Å². The average Bonchev–Trinajstić information content (AvgIpc) is 3.04. The Hall–Kier alpha value is -1.84. The van der Waals surface area contributed by atoms with Crippen molar-refractivity contribution in [3.63, 3.8) is 0 Å². The van der Waals surface area contributed by atoms with Crippen molar-refractivity contribution >= 4 is 5.69 Å². The van der Waals surface area contributed by atoms with E-state index in [4.69, 9.17) is 0 Å². The van der Waals surface area contributed by atoms with Crippen molar-refractivity contribution in [1.29, 1.82) is 0 Å². The van der Waals surface area contributed by atoms with Crippen molar-refractivity contribution in [3.05, 3.63) is 54.1 Å². The average molecular weight is 323 g/mol. The summed E-state index contributed by atoms with van der Waals surface area (Å²) in [5.41, 5.74) is 5.28. The quantitative estimate of drug-likeness (QED) is 0.833. The molecule has 3 rings (SSSR count). The lowest BCUT2D eigenvalue weighted by Gasteiger charge is -2.21. The van der Waals surface area contributed by atoms with Gasteiger partial charge in [-0.2, -0.15) is 0 Å². The first-order valence-electron chi connectivity index (χ1n) is 8.79. The first-order valence-corrected chi connectivity index (χ1v) is 8.79. The largest absolute Gasteiger partial charge is 0.377 e. The minimum absolute atomic E-state index is 0.697. The van der Waals surface area contributed by atoms with Gasteiger partial charge in [-0.3, -0.25) is 4.90 Å². The Morgan fingerprint density at radius 1 is 1.00 bits per heavy atom. The lowest BCUT2D eigenvalue weighted by molar-refractivity contribution is 0.264. The van der Waals surface area contributed by atoms with Crippen LogP contribution in [0, 0.1) is 0 Å². The van der Waals surface area contributed by atoms with E-state index in [1.807, 2.05) is 0 Å². The molecule has 0 radical (unpaired) electrons. The van der Waals surface area contributed by atoms with E-state index in [0.717, 1.165) is 6.54 Å². The van der Waals surface area contributed by atoms with Crippen molar-refractivity contribution in [3.8, 4) is 11.1 Å². The molecule has 1 unspecified atom stereocenters. The Balaban J connectivity index is 1.78. The van der Waals surface area contributed by atoms with Crippen LogP contribution in [0.15, 0.2) is 48.5 Å². The normalized spacial score (nSPS) is 18.3. The van der Waals surface area contributed by atoms with E-state index in [9.17, 15) is 0 Å². The Bertz CT molecular complexity index is 678. The second-order valence-corrected chi connectivity index (χ2v) is 7.25. The highest BCUT2D eigenvalue weighted by Crippen LogP contribution is 2.30. The van der Waals surface area contributed by atoms with Crippen molar-refractivity contribution in [1.82, 2.24) is 9.80 Å². The van der Waals surface area contributed by atoms with Crippen LogP contribution >= 0.6 is 0 Å². The zero-order chi connectivity index (χ0) is 17.1. The summed E-state index contributed by atoms with van der Waals surface area (Å²) in [6, 6.07) is 18.3. The van der Waals surface area contributed by atoms with E-state index in [0.29, 0.717) is 6.04 Å². The number of para-hydroxylation sites is 1. The first kappa shape index (κ1) is 17.0. The number of nitrogens with zero attached hydrogens (tertiary/aromatic N) is 3. The fourth-order valence-electron chi connectivity index (χ4n) is 3.58. The maximum absolute atomic E-state index is 2.57. The van der Waals surface area contributed by atoms with Crippen LogP contribution in [-0.2, 0) is 6.54 Å². The van der Waals surface area contributed by atoms with Gasteiger partial charge in [0.05, 0.1) is 0 Å². The molecule has 1 saturated heterocycles.